The molecule has 1 atom stereocenters. The van der Waals surface area contributed by atoms with Gasteiger partial charge in [-0.15, -0.1) is 11.3 Å². The summed E-state index contributed by atoms with van der Waals surface area (Å²) in [7, 11) is 0. The molecule has 1 aromatic rings. The zero-order chi connectivity index (χ0) is 16.5. The molecule has 22 heavy (non-hydrogen) atoms. The number of hydrogen-bond acceptors (Lipinski definition) is 5. The Bertz CT molecular complexity index is 614. The number of nitrogens with one attached hydrogen (secondary N) is 1. The summed E-state index contributed by atoms with van der Waals surface area (Å²) in [6, 6.07) is 0. The fourth-order valence-electron chi connectivity index (χ4n) is 2.02. The number of Topliss-reactive ketones (excluding diaryl/α,β-unsaturated/α-hetero) is 1. The van der Waals surface area contributed by atoms with Crippen molar-refractivity contribution in [3.63, 3.8) is 0 Å². The predicted molar refractivity (Wildman–Crippen MR) is 71.5 cm³/mol. The Labute approximate surface area is 127 Å². The molecule has 1 fully saturated rings. The molecule has 1 aromatic heterocycles. The number of likely N-dealkylation sites (tertiary alicyclic amines) is 1. The van der Waals surface area contributed by atoms with E-state index < -0.39 is 30.5 Å². The zero-order valence-corrected chi connectivity index (χ0v) is 12.3. The van der Waals surface area contributed by atoms with Gasteiger partial charge >= 0.3 is 6.18 Å². The Balaban J connectivity index is 1.96. The summed E-state index contributed by atoms with van der Waals surface area (Å²) >= 11 is 1.03. The molecule has 120 valence electrons. The van der Waals surface area contributed by atoms with Crippen molar-refractivity contribution in [1.29, 1.82) is 0 Å². The van der Waals surface area contributed by atoms with E-state index in [0.29, 0.717) is 4.90 Å². The Morgan fingerprint density at radius 1 is 1.50 bits per heavy atom. The van der Waals surface area contributed by atoms with Crippen LogP contribution in [0.5, 0.6) is 0 Å². The van der Waals surface area contributed by atoms with E-state index in [1.165, 1.54) is 12.3 Å². The van der Waals surface area contributed by atoms with E-state index in [-0.39, 0.29) is 29.6 Å². The largest absolute Gasteiger partial charge is 0.406 e. The zero-order valence-electron chi connectivity index (χ0n) is 11.4. The average Bonchev–Trinajstić information content (AvgIpc) is 2.96. The van der Waals surface area contributed by atoms with E-state index in [0.717, 1.165) is 11.3 Å². The quantitative estimate of drug-likeness (QED) is 0.850. The normalized spacial score (nSPS) is 18.6. The third kappa shape index (κ3) is 4.03. The van der Waals surface area contributed by atoms with Crippen LogP contribution < -0.4 is 5.32 Å². The van der Waals surface area contributed by atoms with Gasteiger partial charge in [0.2, 0.25) is 11.8 Å². The van der Waals surface area contributed by atoms with Crippen molar-refractivity contribution in [2.45, 2.75) is 19.5 Å². The third-order valence-electron chi connectivity index (χ3n) is 3.05. The Morgan fingerprint density at radius 2 is 2.18 bits per heavy atom. The lowest BCUT2D eigenvalue weighted by molar-refractivity contribution is -0.157. The van der Waals surface area contributed by atoms with Gasteiger partial charge in [0.15, 0.2) is 10.9 Å². The molecule has 1 aliphatic heterocycles. The van der Waals surface area contributed by atoms with E-state index in [2.05, 4.69) is 10.3 Å². The van der Waals surface area contributed by atoms with Crippen LogP contribution in [-0.2, 0) is 9.59 Å². The second kappa shape index (κ2) is 6.03. The summed E-state index contributed by atoms with van der Waals surface area (Å²) < 4.78 is 36.9. The highest BCUT2D eigenvalue weighted by Gasteiger charge is 2.40. The van der Waals surface area contributed by atoms with Crippen molar-refractivity contribution < 1.29 is 27.6 Å². The molecule has 2 heterocycles. The van der Waals surface area contributed by atoms with Crippen LogP contribution in [-0.4, -0.2) is 46.7 Å². The minimum Gasteiger partial charge on any atom is -0.333 e. The van der Waals surface area contributed by atoms with Crippen LogP contribution >= 0.6 is 11.3 Å². The summed E-state index contributed by atoms with van der Waals surface area (Å²) in [4.78, 5) is 39.1. The predicted octanol–water partition coefficient (Wildman–Crippen LogP) is 1.70. The van der Waals surface area contributed by atoms with Gasteiger partial charge in [-0.3, -0.25) is 14.4 Å². The number of carbonyl (C=O) groups is 3. The standard InChI is InChI=1S/C12H12F3N3O3S/c1-6(19)8-4-22-11(16-8)17-10(21)7-2-9(20)18(3-7)5-12(13,14)15/h4,7H,2-3,5H2,1H3,(H,16,17,21). The SMILES string of the molecule is CC(=O)c1csc(NC(=O)C2CC(=O)N(CC(F)(F)F)C2)n1. The molecular formula is C12H12F3N3O3S. The van der Waals surface area contributed by atoms with Gasteiger partial charge in [0, 0.05) is 25.3 Å². The number of ketones is 1. The highest BCUT2D eigenvalue weighted by molar-refractivity contribution is 7.14. The maximum atomic E-state index is 12.3. The molecule has 1 saturated heterocycles. The first kappa shape index (κ1) is 16.4. The fourth-order valence-corrected chi connectivity index (χ4v) is 2.77. The Hall–Kier alpha value is -1.97. The minimum absolute atomic E-state index is 0.178. The first-order chi connectivity index (χ1) is 10.2. The maximum Gasteiger partial charge on any atom is 0.406 e. The molecule has 1 aliphatic rings. The van der Waals surface area contributed by atoms with Crippen LogP contribution in [0.25, 0.3) is 0 Å². The van der Waals surface area contributed by atoms with Crippen LogP contribution in [0.15, 0.2) is 5.38 Å². The van der Waals surface area contributed by atoms with E-state index in [9.17, 15) is 27.6 Å². The summed E-state index contributed by atoms with van der Waals surface area (Å²) in [5.74, 6) is -2.41. The summed E-state index contributed by atoms with van der Waals surface area (Å²) in [6.07, 6.45) is -4.76. The lowest BCUT2D eigenvalue weighted by Crippen LogP contribution is -2.36. The van der Waals surface area contributed by atoms with Gasteiger partial charge in [0.1, 0.15) is 12.2 Å². The Morgan fingerprint density at radius 3 is 2.73 bits per heavy atom. The second-order valence-corrected chi connectivity index (χ2v) is 5.73. The number of rotatable bonds is 4. The van der Waals surface area contributed by atoms with Crippen LogP contribution in [0.2, 0.25) is 0 Å². The molecule has 0 aliphatic carbocycles. The highest BCUT2D eigenvalue weighted by Crippen LogP contribution is 2.25. The molecule has 10 heteroatoms. The number of carbonyl (C=O) groups excluding carboxylic acids is 3. The van der Waals surface area contributed by atoms with Crippen molar-refractivity contribution in [2.24, 2.45) is 5.92 Å². The monoisotopic (exact) mass is 335 g/mol. The summed E-state index contributed by atoms with van der Waals surface area (Å²) in [6.45, 7) is -0.318. The average molecular weight is 335 g/mol. The van der Waals surface area contributed by atoms with Crippen LogP contribution in [0, 0.1) is 5.92 Å². The smallest absolute Gasteiger partial charge is 0.333 e. The van der Waals surface area contributed by atoms with Crippen molar-refractivity contribution in [1.82, 2.24) is 9.88 Å². The van der Waals surface area contributed by atoms with Crippen LogP contribution in [0.1, 0.15) is 23.8 Å². The lowest BCUT2D eigenvalue weighted by Gasteiger charge is -2.18. The Kier molecular flexibility index (Phi) is 4.50. The molecule has 1 N–H and O–H groups in total. The minimum atomic E-state index is -4.49. The van der Waals surface area contributed by atoms with Crippen LogP contribution in [0.3, 0.4) is 0 Å². The topological polar surface area (TPSA) is 79.4 Å². The van der Waals surface area contributed by atoms with Crippen molar-refractivity contribution in [3.8, 4) is 0 Å². The number of thiazole rings is 1. The van der Waals surface area contributed by atoms with Gasteiger partial charge in [-0.1, -0.05) is 0 Å². The second-order valence-electron chi connectivity index (χ2n) is 4.87. The number of halogens is 3. The van der Waals surface area contributed by atoms with Gasteiger partial charge < -0.3 is 10.2 Å². The molecule has 0 radical (unpaired) electrons. The number of alkyl halides is 3. The summed E-state index contributed by atoms with van der Waals surface area (Å²) in [5, 5.41) is 4.06. The number of amides is 2. The number of hydrogen-bond donors (Lipinski definition) is 1. The van der Waals surface area contributed by atoms with Crippen molar-refractivity contribution in [2.75, 3.05) is 18.4 Å². The third-order valence-corrected chi connectivity index (χ3v) is 3.81. The molecular weight excluding hydrogens is 323 g/mol. The molecule has 6 nitrogen and oxygen atoms in total. The maximum absolute atomic E-state index is 12.3. The van der Waals surface area contributed by atoms with Gasteiger partial charge in [-0.25, -0.2) is 4.98 Å². The highest BCUT2D eigenvalue weighted by atomic mass is 32.1. The van der Waals surface area contributed by atoms with Gasteiger partial charge in [-0.05, 0) is 0 Å². The molecule has 2 rings (SSSR count). The van der Waals surface area contributed by atoms with E-state index >= 15 is 0 Å². The molecule has 2 amide bonds. The fraction of sp³-hybridized carbons (Fsp3) is 0.500. The van der Waals surface area contributed by atoms with Gasteiger partial charge in [0.25, 0.3) is 0 Å². The van der Waals surface area contributed by atoms with Crippen molar-refractivity contribution >= 4 is 34.1 Å². The lowest BCUT2D eigenvalue weighted by atomic mass is 10.1. The first-order valence-electron chi connectivity index (χ1n) is 6.27. The number of nitrogens with zero attached hydrogens (tertiary/aromatic N) is 2. The van der Waals surface area contributed by atoms with E-state index in [1.807, 2.05) is 0 Å². The molecule has 1 unspecified atom stereocenters. The molecule has 0 bridgehead atoms. The van der Waals surface area contributed by atoms with E-state index in [4.69, 9.17) is 0 Å². The number of aromatic nitrogens is 1. The molecule has 0 aromatic carbocycles. The van der Waals surface area contributed by atoms with Gasteiger partial charge in [-0.2, -0.15) is 13.2 Å². The molecule has 0 spiro atoms. The van der Waals surface area contributed by atoms with E-state index in [1.54, 1.807) is 0 Å². The summed E-state index contributed by atoms with van der Waals surface area (Å²) in [5.41, 5.74) is 0.196. The van der Waals surface area contributed by atoms with Crippen molar-refractivity contribution in [3.05, 3.63) is 11.1 Å². The molecule has 0 saturated carbocycles. The van der Waals surface area contributed by atoms with Crippen LogP contribution in [0.4, 0.5) is 18.3 Å². The first-order valence-corrected chi connectivity index (χ1v) is 7.15. The number of anilines is 1. The van der Waals surface area contributed by atoms with Gasteiger partial charge in [0.05, 0.1) is 5.92 Å².